The number of carbonyl (C=O) groups is 1. The Labute approximate surface area is 194 Å². The second-order valence-corrected chi connectivity index (χ2v) is 8.36. The molecule has 0 amide bonds. The summed E-state index contributed by atoms with van der Waals surface area (Å²) < 4.78 is 2.81. The van der Waals surface area contributed by atoms with Crippen LogP contribution >= 0.6 is 15.9 Å². The van der Waals surface area contributed by atoms with E-state index in [-0.39, 0.29) is 5.78 Å². The van der Waals surface area contributed by atoms with Gasteiger partial charge in [-0.15, -0.1) is 0 Å². The van der Waals surface area contributed by atoms with Crippen LogP contribution < -0.4 is 0 Å². The van der Waals surface area contributed by atoms with Gasteiger partial charge in [0, 0.05) is 27.4 Å². The van der Waals surface area contributed by atoms with Crippen molar-refractivity contribution in [3.05, 3.63) is 125 Å². The van der Waals surface area contributed by atoms with Crippen LogP contribution in [-0.4, -0.2) is 15.6 Å². The molecular weight excluding hydrogens is 460 g/mol. The van der Waals surface area contributed by atoms with Crippen molar-refractivity contribution in [2.24, 2.45) is 0 Å². The molecule has 4 heteroatoms. The number of nitrogens with zero attached hydrogens (tertiary/aromatic N) is 2. The van der Waals surface area contributed by atoms with Gasteiger partial charge in [-0.2, -0.15) is 5.10 Å². The summed E-state index contributed by atoms with van der Waals surface area (Å²) in [6.45, 7) is 0. The van der Waals surface area contributed by atoms with E-state index in [9.17, 15) is 4.79 Å². The van der Waals surface area contributed by atoms with E-state index in [0.29, 0.717) is 5.56 Å². The van der Waals surface area contributed by atoms with Crippen LogP contribution in [0.2, 0.25) is 0 Å². The molecular formula is C28H19BrN2O. The SMILES string of the molecule is O=C(/C=C/c1cn(-c2ccccc2)nc1-c1cccc2ccccc12)c1ccc(Br)cc1. The van der Waals surface area contributed by atoms with Crippen LogP contribution in [0.3, 0.4) is 0 Å². The van der Waals surface area contributed by atoms with Crippen LogP contribution in [0, 0.1) is 0 Å². The smallest absolute Gasteiger partial charge is 0.185 e. The van der Waals surface area contributed by atoms with E-state index >= 15 is 0 Å². The molecule has 0 aliphatic carbocycles. The van der Waals surface area contributed by atoms with E-state index in [0.717, 1.165) is 37.8 Å². The molecule has 5 aromatic rings. The predicted octanol–water partition coefficient (Wildman–Crippen LogP) is 7.35. The van der Waals surface area contributed by atoms with Gasteiger partial charge in [0.15, 0.2) is 5.78 Å². The minimum atomic E-state index is -0.0474. The van der Waals surface area contributed by atoms with Gasteiger partial charge >= 0.3 is 0 Å². The van der Waals surface area contributed by atoms with Crippen LogP contribution in [0.25, 0.3) is 33.8 Å². The van der Waals surface area contributed by atoms with Crippen molar-refractivity contribution in [2.75, 3.05) is 0 Å². The van der Waals surface area contributed by atoms with Gasteiger partial charge in [0.1, 0.15) is 5.69 Å². The van der Waals surface area contributed by atoms with Gasteiger partial charge in [0.05, 0.1) is 5.69 Å². The average molecular weight is 479 g/mol. The van der Waals surface area contributed by atoms with Crippen molar-refractivity contribution in [1.29, 1.82) is 0 Å². The largest absolute Gasteiger partial charge is 0.289 e. The van der Waals surface area contributed by atoms with Gasteiger partial charge in [-0.1, -0.05) is 76.6 Å². The zero-order chi connectivity index (χ0) is 21.9. The van der Waals surface area contributed by atoms with E-state index in [4.69, 9.17) is 5.10 Å². The van der Waals surface area contributed by atoms with Gasteiger partial charge in [-0.25, -0.2) is 4.68 Å². The number of ketones is 1. The molecule has 5 rings (SSSR count). The highest BCUT2D eigenvalue weighted by molar-refractivity contribution is 9.10. The highest BCUT2D eigenvalue weighted by Crippen LogP contribution is 2.31. The molecule has 0 fully saturated rings. The number of para-hydroxylation sites is 1. The fourth-order valence-corrected chi connectivity index (χ4v) is 4.00. The zero-order valence-corrected chi connectivity index (χ0v) is 18.7. The molecule has 0 saturated carbocycles. The first-order valence-corrected chi connectivity index (χ1v) is 11.1. The van der Waals surface area contributed by atoms with Crippen LogP contribution in [0.5, 0.6) is 0 Å². The van der Waals surface area contributed by atoms with E-state index in [2.05, 4.69) is 40.2 Å². The van der Waals surface area contributed by atoms with E-state index in [1.807, 2.05) is 89.8 Å². The monoisotopic (exact) mass is 478 g/mol. The molecule has 0 atom stereocenters. The molecule has 1 heterocycles. The maximum atomic E-state index is 12.7. The quantitative estimate of drug-likeness (QED) is 0.195. The molecule has 0 aliphatic rings. The third-order valence-corrected chi connectivity index (χ3v) is 5.88. The molecule has 154 valence electrons. The first kappa shape index (κ1) is 20.2. The Balaban J connectivity index is 1.61. The van der Waals surface area contributed by atoms with Crippen molar-refractivity contribution in [3.63, 3.8) is 0 Å². The molecule has 4 aromatic carbocycles. The Bertz CT molecular complexity index is 1430. The fourth-order valence-electron chi connectivity index (χ4n) is 3.74. The molecule has 0 unspecified atom stereocenters. The first-order valence-electron chi connectivity index (χ1n) is 10.3. The second-order valence-electron chi connectivity index (χ2n) is 7.44. The van der Waals surface area contributed by atoms with Crippen LogP contribution in [0.1, 0.15) is 15.9 Å². The number of carbonyl (C=O) groups excluding carboxylic acids is 1. The minimum absolute atomic E-state index is 0.0474. The van der Waals surface area contributed by atoms with Crippen LogP contribution in [0.15, 0.2) is 114 Å². The lowest BCUT2D eigenvalue weighted by molar-refractivity contribution is 0.104. The number of benzene rings is 4. The number of hydrogen-bond acceptors (Lipinski definition) is 2. The summed E-state index contributed by atoms with van der Waals surface area (Å²) >= 11 is 3.41. The molecule has 0 bridgehead atoms. The molecule has 0 radical (unpaired) electrons. The summed E-state index contributed by atoms with van der Waals surface area (Å²) in [4.78, 5) is 12.7. The molecule has 0 spiro atoms. The second kappa shape index (κ2) is 8.77. The van der Waals surface area contributed by atoms with Gasteiger partial charge < -0.3 is 0 Å². The fraction of sp³-hybridized carbons (Fsp3) is 0. The van der Waals surface area contributed by atoms with Crippen LogP contribution in [0.4, 0.5) is 0 Å². The third-order valence-electron chi connectivity index (χ3n) is 5.35. The van der Waals surface area contributed by atoms with Gasteiger partial charge in [-0.05, 0) is 59.3 Å². The first-order chi connectivity index (χ1) is 15.7. The maximum absolute atomic E-state index is 12.7. The molecule has 1 aromatic heterocycles. The normalized spacial score (nSPS) is 11.3. The highest BCUT2D eigenvalue weighted by atomic mass is 79.9. The van der Waals surface area contributed by atoms with Crippen LogP contribution in [-0.2, 0) is 0 Å². The van der Waals surface area contributed by atoms with Crippen molar-refractivity contribution in [3.8, 4) is 16.9 Å². The summed E-state index contributed by atoms with van der Waals surface area (Å²) in [5.74, 6) is -0.0474. The Hall–Kier alpha value is -3.76. The highest BCUT2D eigenvalue weighted by Gasteiger charge is 2.13. The van der Waals surface area contributed by atoms with Crippen molar-refractivity contribution in [2.45, 2.75) is 0 Å². The lowest BCUT2D eigenvalue weighted by Crippen LogP contribution is -1.94. The minimum Gasteiger partial charge on any atom is -0.289 e. The van der Waals surface area contributed by atoms with E-state index in [1.165, 1.54) is 0 Å². The topological polar surface area (TPSA) is 34.9 Å². The number of rotatable bonds is 5. The molecule has 0 saturated heterocycles. The molecule has 3 nitrogen and oxygen atoms in total. The Morgan fingerprint density at radius 1 is 0.812 bits per heavy atom. The van der Waals surface area contributed by atoms with Crippen molar-refractivity contribution < 1.29 is 4.79 Å². The van der Waals surface area contributed by atoms with E-state index < -0.39 is 0 Å². The Kier molecular flexibility index (Phi) is 5.53. The summed E-state index contributed by atoms with van der Waals surface area (Å²) in [5.41, 5.74) is 4.37. The Morgan fingerprint density at radius 2 is 1.53 bits per heavy atom. The number of allylic oxidation sites excluding steroid dienone is 1. The number of halogens is 1. The third kappa shape index (κ3) is 4.05. The van der Waals surface area contributed by atoms with Gasteiger partial charge in [-0.3, -0.25) is 4.79 Å². The molecule has 0 N–H and O–H groups in total. The average Bonchev–Trinajstić information content (AvgIpc) is 3.27. The van der Waals surface area contributed by atoms with Crippen molar-refractivity contribution >= 4 is 38.6 Å². The summed E-state index contributed by atoms with van der Waals surface area (Å²) in [5, 5.41) is 7.19. The lowest BCUT2D eigenvalue weighted by atomic mass is 9.99. The lowest BCUT2D eigenvalue weighted by Gasteiger charge is -2.05. The Morgan fingerprint density at radius 3 is 2.34 bits per heavy atom. The maximum Gasteiger partial charge on any atom is 0.185 e. The standard InChI is InChI=1S/C28H19BrN2O/c29-23-16-13-21(14-17-23)27(32)18-15-22-19-31(24-9-2-1-3-10-24)30-28(22)26-12-6-8-20-7-4-5-11-25(20)26/h1-19H/b18-15+. The molecule has 32 heavy (non-hydrogen) atoms. The summed E-state index contributed by atoms with van der Waals surface area (Å²) in [6, 6.07) is 31.8. The van der Waals surface area contributed by atoms with Crippen molar-refractivity contribution in [1.82, 2.24) is 9.78 Å². The number of fused-ring (bicyclic) bond motifs is 1. The zero-order valence-electron chi connectivity index (χ0n) is 17.2. The van der Waals surface area contributed by atoms with Gasteiger partial charge in [0.25, 0.3) is 0 Å². The van der Waals surface area contributed by atoms with Gasteiger partial charge in [0.2, 0.25) is 0 Å². The summed E-state index contributed by atoms with van der Waals surface area (Å²) in [7, 11) is 0. The number of aromatic nitrogens is 2. The molecule has 0 aliphatic heterocycles. The predicted molar refractivity (Wildman–Crippen MR) is 134 cm³/mol. The van der Waals surface area contributed by atoms with E-state index in [1.54, 1.807) is 6.08 Å². The number of hydrogen-bond donors (Lipinski definition) is 0. The summed E-state index contributed by atoms with van der Waals surface area (Å²) in [6.07, 6.45) is 5.44.